The van der Waals surface area contributed by atoms with Crippen molar-refractivity contribution in [3.8, 4) is 0 Å². The number of halogens is 1. The van der Waals surface area contributed by atoms with Crippen molar-refractivity contribution < 1.29 is 14.7 Å². The molecule has 3 heterocycles. The molecule has 2 aromatic rings. The average Bonchev–Trinajstić information content (AvgIpc) is 3.28. The van der Waals surface area contributed by atoms with E-state index in [4.69, 9.17) is 5.73 Å². The van der Waals surface area contributed by atoms with Gasteiger partial charge in [0.25, 0.3) is 11.8 Å². The zero-order valence-corrected chi connectivity index (χ0v) is 18.3. The largest absolute Gasteiger partial charge is 0.381 e. The van der Waals surface area contributed by atoms with Crippen LogP contribution < -0.4 is 11.1 Å². The smallest absolute Gasteiger partial charge is 0.253 e. The van der Waals surface area contributed by atoms with Gasteiger partial charge in [-0.05, 0) is 60.0 Å². The minimum atomic E-state index is -1.35. The van der Waals surface area contributed by atoms with E-state index in [1.54, 1.807) is 9.42 Å². The number of nitrogens with two attached hydrogens (primary N) is 1. The zero-order valence-electron chi connectivity index (χ0n) is 16.7. The molecule has 156 valence electrons. The molecule has 2 unspecified atom stereocenters. The van der Waals surface area contributed by atoms with Crippen LogP contribution in [-0.4, -0.2) is 56.2 Å². The number of aliphatic hydroxyl groups is 1. The third kappa shape index (κ3) is 3.50. The molecule has 0 spiro atoms. The van der Waals surface area contributed by atoms with Crippen LogP contribution in [0.25, 0.3) is 5.52 Å². The number of amides is 2. The number of hydrogen-bond acceptors (Lipinski definition) is 5. The van der Waals surface area contributed by atoms with Crippen molar-refractivity contribution in [3.05, 3.63) is 28.5 Å². The lowest BCUT2D eigenvalue weighted by Gasteiger charge is -2.28. The molecule has 1 aliphatic heterocycles. The van der Waals surface area contributed by atoms with E-state index < -0.39 is 11.5 Å². The van der Waals surface area contributed by atoms with Gasteiger partial charge in [-0.3, -0.25) is 9.59 Å². The number of nitrogens with zero attached hydrogens (tertiary/aromatic N) is 3. The normalized spacial score (nSPS) is 26.7. The van der Waals surface area contributed by atoms with Crippen LogP contribution in [0, 0.1) is 17.8 Å². The minimum Gasteiger partial charge on any atom is -0.381 e. The number of anilines is 1. The van der Waals surface area contributed by atoms with Gasteiger partial charge in [-0.15, -0.1) is 0 Å². The summed E-state index contributed by atoms with van der Waals surface area (Å²) in [6.45, 7) is 6.55. The molecule has 0 bridgehead atoms. The Morgan fingerprint density at radius 3 is 2.72 bits per heavy atom. The highest BCUT2D eigenvalue weighted by molar-refractivity contribution is 9.10. The van der Waals surface area contributed by atoms with Gasteiger partial charge in [0.2, 0.25) is 0 Å². The van der Waals surface area contributed by atoms with Crippen molar-refractivity contribution in [2.24, 2.45) is 23.5 Å². The molecule has 0 aromatic carbocycles. The molecule has 2 aromatic heterocycles. The van der Waals surface area contributed by atoms with Crippen LogP contribution >= 0.6 is 15.9 Å². The van der Waals surface area contributed by atoms with E-state index in [1.807, 2.05) is 12.3 Å². The van der Waals surface area contributed by atoms with Gasteiger partial charge in [0.15, 0.2) is 0 Å². The van der Waals surface area contributed by atoms with E-state index in [2.05, 4.69) is 33.3 Å². The number of fused-ring (bicyclic) bond motifs is 2. The predicted octanol–water partition coefficient (Wildman–Crippen LogP) is 1.86. The Bertz CT molecular complexity index is 982. The van der Waals surface area contributed by atoms with Crippen molar-refractivity contribution >= 4 is 38.9 Å². The van der Waals surface area contributed by atoms with E-state index >= 15 is 0 Å². The van der Waals surface area contributed by atoms with Crippen molar-refractivity contribution in [1.82, 2.24) is 14.5 Å². The first-order valence-electron chi connectivity index (χ1n) is 9.81. The molecule has 2 aliphatic rings. The van der Waals surface area contributed by atoms with Crippen LogP contribution in [0.1, 0.15) is 37.6 Å². The number of aromatic nitrogens is 2. The summed E-state index contributed by atoms with van der Waals surface area (Å²) in [6, 6.07) is 2.06. The predicted molar refractivity (Wildman–Crippen MR) is 112 cm³/mol. The second kappa shape index (κ2) is 6.98. The third-order valence-electron chi connectivity index (χ3n) is 6.37. The molecule has 4 atom stereocenters. The first-order valence-corrected chi connectivity index (χ1v) is 10.6. The number of carbonyl (C=O) groups is 2. The summed E-state index contributed by atoms with van der Waals surface area (Å²) >= 11 is 3.46. The van der Waals surface area contributed by atoms with E-state index in [0.717, 1.165) is 16.4 Å². The highest BCUT2D eigenvalue weighted by Crippen LogP contribution is 2.44. The number of hydrogen-bond donors (Lipinski definition) is 3. The maximum atomic E-state index is 12.4. The molecule has 4 rings (SSSR count). The van der Waals surface area contributed by atoms with Crippen molar-refractivity contribution in [2.45, 2.75) is 38.8 Å². The van der Waals surface area contributed by atoms with Gasteiger partial charge in [-0.2, -0.15) is 5.10 Å². The van der Waals surface area contributed by atoms with Crippen LogP contribution in [0.15, 0.2) is 22.9 Å². The van der Waals surface area contributed by atoms with Gasteiger partial charge in [-0.25, -0.2) is 4.52 Å². The van der Waals surface area contributed by atoms with Crippen LogP contribution in [-0.2, 0) is 4.79 Å². The van der Waals surface area contributed by atoms with Gasteiger partial charge in [0.05, 0.1) is 23.0 Å². The molecule has 2 fully saturated rings. The lowest BCUT2D eigenvalue weighted by Crippen LogP contribution is -2.45. The fraction of sp³-hybridized carbons (Fsp3) is 0.550. The summed E-state index contributed by atoms with van der Waals surface area (Å²) in [5.41, 5.74) is 6.10. The molecule has 29 heavy (non-hydrogen) atoms. The number of carbonyl (C=O) groups excluding carboxylic acids is 2. The van der Waals surface area contributed by atoms with Crippen molar-refractivity contribution in [2.75, 3.05) is 18.4 Å². The zero-order chi connectivity index (χ0) is 21.1. The molecule has 1 saturated heterocycles. The molecular formula is C20H26BrN5O3. The van der Waals surface area contributed by atoms with Crippen molar-refractivity contribution in [1.29, 1.82) is 0 Å². The maximum Gasteiger partial charge on any atom is 0.253 e. The lowest BCUT2D eigenvalue weighted by molar-refractivity contribution is -0.147. The maximum absolute atomic E-state index is 12.4. The van der Waals surface area contributed by atoms with E-state index in [9.17, 15) is 14.7 Å². The molecule has 2 amide bonds. The SMILES string of the molecule is C[C@@H]1C2CN(C(=O)C(C)(C)O)CC2C[C@H]1Nc1c(C(N)=O)cnn2cc(Br)cc12. The van der Waals surface area contributed by atoms with Gasteiger partial charge in [0.1, 0.15) is 5.60 Å². The number of rotatable bonds is 4. The Morgan fingerprint density at radius 1 is 1.38 bits per heavy atom. The monoisotopic (exact) mass is 463 g/mol. The van der Waals surface area contributed by atoms with Crippen LogP contribution in [0.2, 0.25) is 0 Å². The first-order chi connectivity index (χ1) is 13.6. The van der Waals surface area contributed by atoms with Gasteiger partial charge in [0, 0.05) is 29.8 Å². The Kier molecular flexibility index (Phi) is 4.85. The fourth-order valence-corrected chi connectivity index (χ4v) is 5.28. The topological polar surface area (TPSA) is 113 Å². The van der Waals surface area contributed by atoms with Crippen LogP contribution in [0.4, 0.5) is 5.69 Å². The lowest BCUT2D eigenvalue weighted by atomic mass is 9.93. The Balaban J connectivity index is 1.57. The second-order valence-corrected chi connectivity index (χ2v) is 9.74. The summed E-state index contributed by atoms with van der Waals surface area (Å²) < 4.78 is 2.58. The van der Waals surface area contributed by atoms with Crippen LogP contribution in [0.3, 0.4) is 0 Å². The summed E-state index contributed by atoms with van der Waals surface area (Å²) in [7, 11) is 0. The minimum absolute atomic E-state index is 0.155. The average molecular weight is 464 g/mol. The summed E-state index contributed by atoms with van der Waals surface area (Å²) in [4.78, 5) is 26.2. The van der Waals surface area contributed by atoms with Crippen molar-refractivity contribution in [3.63, 3.8) is 0 Å². The Labute approximate surface area is 177 Å². The summed E-state index contributed by atoms with van der Waals surface area (Å²) in [5.74, 6) is 0.280. The Hall–Kier alpha value is -2.13. The number of nitrogens with one attached hydrogen (secondary N) is 1. The van der Waals surface area contributed by atoms with Gasteiger partial charge >= 0.3 is 0 Å². The summed E-state index contributed by atoms with van der Waals surface area (Å²) in [6.07, 6.45) is 4.21. The second-order valence-electron chi connectivity index (χ2n) is 8.82. The van der Waals surface area contributed by atoms with Gasteiger partial charge < -0.3 is 21.1 Å². The molecule has 9 heteroatoms. The molecule has 1 aliphatic carbocycles. The fourth-order valence-electron chi connectivity index (χ4n) is 4.87. The quantitative estimate of drug-likeness (QED) is 0.640. The molecule has 4 N–H and O–H groups in total. The van der Waals surface area contributed by atoms with E-state index in [0.29, 0.717) is 42.1 Å². The van der Waals surface area contributed by atoms with E-state index in [1.165, 1.54) is 20.0 Å². The van der Waals surface area contributed by atoms with E-state index in [-0.39, 0.29) is 11.9 Å². The molecule has 0 radical (unpaired) electrons. The molecule has 8 nitrogen and oxygen atoms in total. The first kappa shape index (κ1) is 20.2. The molecular weight excluding hydrogens is 438 g/mol. The highest BCUT2D eigenvalue weighted by Gasteiger charge is 2.48. The molecule has 1 saturated carbocycles. The third-order valence-corrected chi connectivity index (χ3v) is 6.80. The highest BCUT2D eigenvalue weighted by atomic mass is 79.9. The van der Waals surface area contributed by atoms with Crippen LogP contribution in [0.5, 0.6) is 0 Å². The van der Waals surface area contributed by atoms with Gasteiger partial charge in [-0.1, -0.05) is 6.92 Å². The standard InChI is InChI=1S/C20H26BrN5O3/c1-10-14-9-25(19(28)20(2,3)29)7-11(14)4-15(10)24-17-13(18(22)27)6-23-26-8-12(21)5-16(17)26/h5-6,8,10-11,14-15,24,29H,4,7,9H2,1-3H3,(H2,22,27)/t10-,11?,14?,15-/m1/s1. The number of likely N-dealkylation sites (tertiary alicyclic amines) is 1. The Morgan fingerprint density at radius 2 is 2.10 bits per heavy atom. The summed E-state index contributed by atoms with van der Waals surface area (Å²) in [5, 5.41) is 17.9. The number of primary amides is 1.